The predicted octanol–water partition coefficient (Wildman–Crippen LogP) is 3.04. The first-order chi connectivity index (χ1) is 7.70. The summed E-state index contributed by atoms with van der Waals surface area (Å²) in [5, 5.41) is 13.5. The van der Waals surface area contributed by atoms with E-state index >= 15 is 0 Å². The standard InChI is InChI=1S/C10H14N4S2/c1-4-8-13-14-10(16-8)12-7(3)9-6(2)11-5-15-9/h5,7H,4H2,1-3H3,(H,12,14). The third-order valence-corrected chi connectivity index (χ3v) is 4.40. The molecular weight excluding hydrogens is 240 g/mol. The third kappa shape index (κ3) is 2.38. The molecule has 0 fully saturated rings. The Morgan fingerprint density at radius 2 is 2.25 bits per heavy atom. The van der Waals surface area contributed by atoms with Crippen LogP contribution < -0.4 is 5.32 Å². The van der Waals surface area contributed by atoms with Crippen molar-refractivity contribution in [3.05, 3.63) is 21.1 Å². The molecule has 0 spiro atoms. The Bertz CT molecular complexity index is 463. The lowest BCUT2D eigenvalue weighted by Gasteiger charge is -2.10. The summed E-state index contributed by atoms with van der Waals surface area (Å²) in [6.07, 6.45) is 0.938. The van der Waals surface area contributed by atoms with E-state index in [1.165, 1.54) is 4.88 Å². The highest BCUT2D eigenvalue weighted by molar-refractivity contribution is 7.15. The van der Waals surface area contributed by atoms with Crippen LogP contribution in [-0.2, 0) is 6.42 Å². The summed E-state index contributed by atoms with van der Waals surface area (Å²) < 4.78 is 0. The summed E-state index contributed by atoms with van der Waals surface area (Å²) in [5.41, 5.74) is 2.96. The number of thiazole rings is 1. The minimum Gasteiger partial charge on any atom is -0.353 e. The number of hydrogen-bond donors (Lipinski definition) is 1. The fourth-order valence-corrected chi connectivity index (χ4v) is 3.01. The third-order valence-electron chi connectivity index (χ3n) is 2.29. The Morgan fingerprint density at radius 1 is 1.44 bits per heavy atom. The zero-order valence-electron chi connectivity index (χ0n) is 9.52. The minimum absolute atomic E-state index is 0.241. The van der Waals surface area contributed by atoms with E-state index in [9.17, 15) is 0 Å². The van der Waals surface area contributed by atoms with Crippen molar-refractivity contribution in [2.45, 2.75) is 33.2 Å². The van der Waals surface area contributed by atoms with Gasteiger partial charge in [0.05, 0.1) is 17.2 Å². The van der Waals surface area contributed by atoms with Crippen molar-refractivity contribution in [3.63, 3.8) is 0 Å². The summed E-state index contributed by atoms with van der Waals surface area (Å²) in [5.74, 6) is 0. The lowest BCUT2D eigenvalue weighted by atomic mass is 10.2. The van der Waals surface area contributed by atoms with Crippen molar-refractivity contribution in [1.29, 1.82) is 0 Å². The van der Waals surface area contributed by atoms with Gasteiger partial charge >= 0.3 is 0 Å². The molecule has 2 aromatic heterocycles. The zero-order valence-corrected chi connectivity index (χ0v) is 11.2. The minimum atomic E-state index is 0.241. The molecule has 1 atom stereocenters. The quantitative estimate of drug-likeness (QED) is 0.911. The molecule has 6 heteroatoms. The summed E-state index contributed by atoms with van der Waals surface area (Å²) in [6, 6.07) is 0.241. The molecule has 2 rings (SSSR count). The molecule has 86 valence electrons. The highest BCUT2D eigenvalue weighted by atomic mass is 32.1. The molecular formula is C10H14N4S2. The van der Waals surface area contributed by atoms with Crippen LogP contribution in [0.5, 0.6) is 0 Å². The second kappa shape index (κ2) is 4.88. The molecule has 1 N–H and O–H groups in total. The van der Waals surface area contributed by atoms with Crippen LogP contribution in [0.4, 0.5) is 5.13 Å². The summed E-state index contributed by atoms with van der Waals surface area (Å²) >= 11 is 3.29. The fraction of sp³-hybridized carbons (Fsp3) is 0.500. The number of aromatic nitrogens is 3. The van der Waals surface area contributed by atoms with Crippen molar-refractivity contribution in [2.24, 2.45) is 0 Å². The fourth-order valence-electron chi connectivity index (χ4n) is 1.43. The molecule has 2 heterocycles. The molecule has 0 radical (unpaired) electrons. The largest absolute Gasteiger partial charge is 0.353 e. The molecule has 1 unspecified atom stereocenters. The van der Waals surface area contributed by atoms with Crippen LogP contribution in [0.3, 0.4) is 0 Å². The van der Waals surface area contributed by atoms with E-state index in [0.717, 1.165) is 22.3 Å². The van der Waals surface area contributed by atoms with E-state index in [-0.39, 0.29) is 6.04 Å². The van der Waals surface area contributed by atoms with Gasteiger partial charge in [-0.1, -0.05) is 18.3 Å². The average molecular weight is 254 g/mol. The smallest absolute Gasteiger partial charge is 0.206 e. The lowest BCUT2D eigenvalue weighted by Crippen LogP contribution is -2.05. The normalized spacial score (nSPS) is 12.7. The first kappa shape index (κ1) is 11.5. The highest BCUT2D eigenvalue weighted by Gasteiger charge is 2.12. The van der Waals surface area contributed by atoms with Gasteiger partial charge in [-0.25, -0.2) is 4.98 Å². The number of aryl methyl sites for hydroxylation is 2. The van der Waals surface area contributed by atoms with Crippen molar-refractivity contribution in [3.8, 4) is 0 Å². The first-order valence-electron chi connectivity index (χ1n) is 5.19. The average Bonchev–Trinajstić information content (AvgIpc) is 2.86. The molecule has 0 saturated heterocycles. The van der Waals surface area contributed by atoms with Crippen LogP contribution in [0.15, 0.2) is 5.51 Å². The van der Waals surface area contributed by atoms with E-state index in [1.54, 1.807) is 22.7 Å². The second-order valence-electron chi connectivity index (χ2n) is 3.52. The van der Waals surface area contributed by atoms with Gasteiger partial charge in [-0.2, -0.15) is 0 Å². The van der Waals surface area contributed by atoms with E-state index in [4.69, 9.17) is 0 Å². The molecule has 4 nitrogen and oxygen atoms in total. The van der Waals surface area contributed by atoms with Crippen LogP contribution in [0, 0.1) is 6.92 Å². The van der Waals surface area contributed by atoms with Crippen molar-refractivity contribution in [2.75, 3.05) is 5.32 Å². The van der Waals surface area contributed by atoms with Crippen molar-refractivity contribution < 1.29 is 0 Å². The number of hydrogen-bond acceptors (Lipinski definition) is 6. The number of rotatable bonds is 4. The highest BCUT2D eigenvalue weighted by Crippen LogP contribution is 2.26. The van der Waals surface area contributed by atoms with Crippen LogP contribution >= 0.6 is 22.7 Å². The van der Waals surface area contributed by atoms with Crippen molar-refractivity contribution >= 4 is 27.8 Å². The van der Waals surface area contributed by atoms with Crippen LogP contribution in [0.1, 0.15) is 35.5 Å². The first-order valence-corrected chi connectivity index (χ1v) is 6.89. The van der Waals surface area contributed by atoms with Crippen LogP contribution in [0.2, 0.25) is 0 Å². The Labute approximate surface area is 103 Å². The predicted molar refractivity (Wildman–Crippen MR) is 68.2 cm³/mol. The molecule has 0 saturated carbocycles. The van der Waals surface area contributed by atoms with E-state index in [1.807, 2.05) is 12.4 Å². The van der Waals surface area contributed by atoms with E-state index in [0.29, 0.717) is 0 Å². The maximum atomic E-state index is 4.25. The monoisotopic (exact) mass is 254 g/mol. The molecule has 2 aromatic rings. The van der Waals surface area contributed by atoms with Gasteiger partial charge in [0.25, 0.3) is 0 Å². The maximum absolute atomic E-state index is 4.25. The van der Waals surface area contributed by atoms with Gasteiger partial charge in [-0.3, -0.25) is 0 Å². The van der Waals surface area contributed by atoms with Crippen LogP contribution in [0.25, 0.3) is 0 Å². The molecule has 0 amide bonds. The van der Waals surface area contributed by atoms with Crippen LogP contribution in [-0.4, -0.2) is 15.2 Å². The summed E-state index contributed by atoms with van der Waals surface area (Å²) in [6.45, 7) is 6.23. The number of nitrogens with one attached hydrogen (secondary N) is 1. The molecule has 16 heavy (non-hydrogen) atoms. The number of anilines is 1. The molecule has 0 aromatic carbocycles. The Kier molecular flexibility index (Phi) is 3.50. The summed E-state index contributed by atoms with van der Waals surface area (Å²) in [7, 11) is 0. The summed E-state index contributed by atoms with van der Waals surface area (Å²) in [4.78, 5) is 5.50. The molecule has 0 aliphatic heterocycles. The maximum Gasteiger partial charge on any atom is 0.206 e. The second-order valence-corrected chi connectivity index (χ2v) is 5.47. The Morgan fingerprint density at radius 3 is 2.81 bits per heavy atom. The molecule has 0 bridgehead atoms. The van der Waals surface area contributed by atoms with Gasteiger partial charge in [0.1, 0.15) is 5.01 Å². The SMILES string of the molecule is CCc1nnc(NC(C)c2scnc2C)s1. The van der Waals surface area contributed by atoms with Gasteiger partial charge < -0.3 is 5.32 Å². The van der Waals surface area contributed by atoms with Gasteiger partial charge in [0.15, 0.2) is 0 Å². The van der Waals surface area contributed by atoms with Crippen molar-refractivity contribution in [1.82, 2.24) is 15.2 Å². The van der Waals surface area contributed by atoms with Gasteiger partial charge in [-0.15, -0.1) is 21.5 Å². The molecule has 0 aliphatic rings. The topological polar surface area (TPSA) is 50.7 Å². The lowest BCUT2D eigenvalue weighted by molar-refractivity contribution is 0.875. The number of nitrogens with zero attached hydrogens (tertiary/aromatic N) is 3. The van der Waals surface area contributed by atoms with E-state index in [2.05, 4.69) is 34.3 Å². The Hall–Kier alpha value is -1.01. The van der Waals surface area contributed by atoms with E-state index < -0.39 is 0 Å². The van der Waals surface area contributed by atoms with Gasteiger partial charge in [-0.05, 0) is 20.3 Å². The molecule has 0 aliphatic carbocycles. The zero-order chi connectivity index (χ0) is 11.5. The van der Waals surface area contributed by atoms with Gasteiger partial charge in [0.2, 0.25) is 5.13 Å². The Balaban J connectivity index is 2.07. The van der Waals surface area contributed by atoms with Gasteiger partial charge in [0, 0.05) is 4.88 Å².